The fraction of sp³-hybridized carbons (Fsp3) is 0.556. The Morgan fingerprint density at radius 1 is 1.17 bits per heavy atom. The lowest BCUT2D eigenvalue weighted by atomic mass is 10.1. The summed E-state index contributed by atoms with van der Waals surface area (Å²) in [6.45, 7) is 17.1. The maximum Gasteiger partial charge on any atom is 0.0641 e. The molecule has 0 saturated heterocycles. The van der Waals surface area contributed by atoms with Gasteiger partial charge in [0.25, 0.3) is 0 Å². The van der Waals surface area contributed by atoms with Crippen LogP contribution in [-0.4, -0.2) is 30.5 Å². The van der Waals surface area contributed by atoms with E-state index in [0.29, 0.717) is 6.04 Å². The van der Waals surface area contributed by atoms with E-state index in [-0.39, 0.29) is 0 Å². The summed E-state index contributed by atoms with van der Waals surface area (Å²) in [7, 11) is 2.01. The van der Waals surface area contributed by atoms with Crippen LogP contribution in [0.1, 0.15) is 42.1 Å². The van der Waals surface area contributed by atoms with Crippen molar-refractivity contribution in [2.24, 2.45) is 7.05 Å². The highest BCUT2D eigenvalue weighted by atomic mass is 15.3. The van der Waals surface area contributed by atoms with E-state index in [1.165, 1.54) is 16.8 Å². The van der Waals surface area contributed by atoms with Crippen LogP contribution in [0.4, 0.5) is 0 Å². The monoisotopic (exact) mass is 315 g/mol. The molecule has 23 heavy (non-hydrogen) atoms. The first-order valence-corrected chi connectivity index (χ1v) is 8.20. The quantitative estimate of drug-likeness (QED) is 0.737. The van der Waals surface area contributed by atoms with Crippen LogP contribution < -0.4 is 0 Å². The van der Waals surface area contributed by atoms with Crippen molar-refractivity contribution in [1.29, 1.82) is 0 Å². The third kappa shape index (κ3) is 3.91. The van der Waals surface area contributed by atoms with Gasteiger partial charge in [-0.15, -0.1) is 6.58 Å². The van der Waals surface area contributed by atoms with Crippen LogP contribution in [0.3, 0.4) is 0 Å². The molecule has 0 saturated carbocycles. The Kier molecular flexibility index (Phi) is 5.42. The molecule has 0 aliphatic heterocycles. The highest BCUT2D eigenvalue weighted by molar-refractivity contribution is 5.24. The van der Waals surface area contributed by atoms with Crippen LogP contribution in [0, 0.1) is 20.8 Å². The van der Waals surface area contributed by atoms with E-state index in [1.807, 2.05) is 22.5 Å². The molecule has 0 atom stereocenters. The van der Waals surface area contributed by atoms with Crippen LogP contribution in [-0.2, 0) is 26.7 Å². The highest BCUT2D eigenvalue weighted by Gasteiger charge is 2.18. The van der Waals surface area contributed by atoms with Crippen LogP contribution in [0.15, 0.2) is 18.9 Å². The van der Waals surface area contributed by atoms with E-state index < -0.39 is 0 Å². The molecule has 0 aliphatic carbocycles. The van der Waals surface area contributed by atoms with Crippen molar-refractivity contribution in [3.63, 3.8) is 0 Å². The summed E-state index contributed by atoms with van der Waals surface area (Å²) in [6.07, 6.45) is 4.01. The van der Waals surface area contributed by atoms with Gasteiger partial charge in [0.15, 0.2) is 0 Å². The van der Waals surface area contributed by atoms with E-state index in [1.54, 1.807) is 0 Å². The Balaban J connectivity index is 2.21. The SMILES string of the molecule is C=CCn1cc(CN(Cc2c(C)nn(C)c2C)C(C)C)c(C)n1. The standard InChI is InChI=1S/C18H29N5/c1-8-9-23-11-17(14(4)20-23)10-22(13(2)3)12-18-15(5)19-21(7)16(18)6/h8,11,13H,1,9-10,12H2,2-7H3. The van der Waals surface area contributed by atoms with Gasteiger partial charge in [-0.25, -0.2) is 0 Å². The number of aromatic nitrogens is 4. The number of hydrogen-bond donors (Lipinski definition) is 0. The third-order valence-corrected chi connectivity index (χ3v) is 4.49. The lowest BCUT2D eigenvalue weighted by molar-refractivity contribution is 0.202. The smallest absolute Gasteiger partial charge is 0.0641 e. The molecule has 5 heteroatoms. The van der Waals surface area contributed by atoms with Crippen LogP contribution in [0.25, 0.3) is 0 Å². The summed E-state index contributed by atoms with van der Waals surface area (Å²) in [5, 5.41) is 9.10. The fourth-order valence-electron chi connectivity index (χ4n) is 2.83. The average Bonchev–Trinajstić information content (AvgIpc) is 2.92. The molecule has 0 radical (unpaired) electrons. The molecule has 5 nitrogen and oxygen atoms in total. The van der Waals surface area contributed by atoms with Gasteiger partial charge in [-0.05, 0) is 34.6 Å². The zero-order valence-corrected chi connectivity index (χ0v) is 15.3. The van der Waals surface area contributed by atoms with E-state index in [4.69, 9.17) is 0 Å². The lowest BCUT2D eigenvalue weighted by Gasteiger charge is -2.26. The van der Waals surface area contributed by atoms with Gasteiger partial charge in [0.1, 0.15) is 0 Å². The molecular weight excluding hydrogens is 286 g/mol. The second-order valence-corrected chi connectivity index (χ2v) is 6.52. The first-order valence-electron chi connectivity index (χ1n) is 8.20. The molecule has 0 N–H and O–H groups in total. The molecule has 2 aromatic rings. The summed E-state index contributed by atoms with van der Waals surface area (Å²) < 4.78 is 3.92. The number of aryl methyl sites for hydroxylation is 3. The third-order valence-electron chi connectivity index (χ3n) is 4.49. The molecule has 0 unspecified atom stereocenters. The van der Waals surface area contributed by atoms with Crippen molar-refractivity contribution in [3.05, 3.63) is 47.1 Å². The van der Waals surface area contributed by atoms with E-state index in [9.17, 15) is 0 Å². The summed E-state index contributed by atoms with van der Waals surface area (Å²) in [5.41, 5.74) is 6.07. The van der Waals surface area contributed by atoms with Gasteiger partial charge in [-0.2, -0.15) is 10.2 Å². The number of allylic oxidation sites excluding steroid dienone is 1. The Morgan fingerprint density at radius 2 is 1.87 bits per heavy atom. The molecule has 2 aromatic heterocycles. The van der Waals surface area contributed by atoms with Crippen molar-refractivity contribution in [3.8, 4) is 0 Å². The summed E-state index contributed by atoms with van der Waals surface area (Å²) in [6, 6.07) is 0.455. The Bertz CT molecular complexity index is 678. The van der Waals surface area contributed by atoms with E-state index >= 15 is 0 Å². The Hall–Kier alpha value is -1.88. The van der Waals surface area contributed by atoms with Crippen molar-refractivity contribution >= 4 is 0 Å². The number of rotatable bonds is 7. The second-order valence-electron chi connectivity index (χ2n) is 6.52. The van der Waals surface area contributed by atoms with Crippen LogP contribution in [0.2, 0.25) is 0 Å². The summed E-state index contributed by atoms with van der Waals surface area (Å²) in [4.78, 5) is 2.47. The number of nitrogens with zero attached hydrogens (tertiary/aromatic N) is 5. The van der Waals surface area contributed by atoms with Crippen molar-refractivity contribution < 1.29 is 0 Å². The van der Waals surface area contributed by atoms with Gasteiger partial charge in [0.05, 0.1) is 17.9 Å². The molecular formula is C18H29N5. The van der Waals surface area contributed by atoms with Crippen molar-refractivity contribution in [2.45, 2.75) is 60.3 Å². The molecule has 0 fully saturated rings. The predicted octanol–water partition coefficient (Wildman–Crippen LogP) is 3.14. The summed E-state index contributed by atoms with van der Waals surface area (Å²) in [5.74, 6) is 0. The minimum atomic E-state index is 0.455. The molecule has 0 amide bonds. The zero-order chi connectivity index (χ0) is 17.1. The first kappa shape index (κ1) is 17.5. The molecule has 2 heterocycles. The van der Waals surface area contributed by atoms with Gasteiger partial charge < -0.3 is 0 Å². The minimum Gasteiger partial charge on any atom is -0.292 e. The fourth-order valence-corrected chi connectivity index (χ4v) is 2.83. The van der Waals surface area contributed by atoms with Gasteiger partial charge in [0, 0.05) is 49.2 Å². The molecule has 0 aliphatic rings. The summed E-state index contributed by atoms with van der Waals surface area (Å²) >= 11 is 0. The van der Waals surface area contributed by atoms with Gasteiger partial charge in [-0.1, -0.05) is 6.08 Å². The Labute approximate surface area is 139 Å². The number of hydrogen-bond acceptors (Lipinski definition) is 3. The molecule has 0 bridgehead atoms. The average molecular weight is 315 g/mol. The minimum absolute atomic E-state index is 0.455. The largest absolute Gasteiger partial charge is 0.292 e. The van der Waals surface area contributed by atoms with Crippen LogP contribution >= 0.6 is 0 Å². The van der Waals surface area contributed by atoms with Crippen LogP contribution in [0.5, 0.6) is 0 Å². The molecule has 0 spiro atoms. The lowest BCUT2D eigenvalue weighted by Crippen LogP contribution is -2.30. The molecule has 0 aromatic carbocycles. The van der Waals surface area contributed by atoms with Crippen molar-refractivity contribution in [2.75, 3.05) is 0 Å². The maximum absolute atomic E-state index is 4.56. The molecule has 126 valence electrons. The Morgan fingerprint density at radius 3 is 2.39 bits per heavy atom. The van der Waals surface area contributed by atoms with E-state index in [2.05, 4.69) is 62.5 Å². The van der Waals surface area contributed by atoms with Gasteiger partial charge in [-0.3, -0.25) is 14.3 Å². The van der Waals surface area contributed by atoms with E-state index in [0.717, 1.165) is 31.0 Å². The zero-order valence-electron chi connectivity index (χ0n) is 15.3. The second kappa shape index (κ2) is 7.13. The first-order chi connectivity index (χ1) is 10.8. The molecule has 2 rings (SSSR count). The predicted molar refractivity (Wildman–Crippen MR) is 94.2 cm³/mol. The van der Waals surface area contributed by atoms with Gasteiger partial charge >= 0.3 is 0 Å². The topological polar surface area (TPSA) is 38.9 Å². The maximum atomic E-state index is 4.56. The normalized spacial score (nSPS) is 11.7. The van der Waals surface area contributed by atoms with Gasteiger partial charge in [0.2, 0.25) is 0 Å². The highest BCUT2D eigenvalue weighted by Crippen LogP contribution is 2.19. The van der Waals surface area contributed by atoms with Crippen molar-refractivity contribution in [1.82, 2.24) is 24.5 Å².